The lowest BCUT2D eigenvalue weighted by molar-refractivity contribution is -0.121. The second-order valence-corrected chi connectivity index (χ2v) is 5.94. The number of amides is 1. The summed E-state index contributed by atoms with van der Waals surface area (Å²) in [6.07, 6.45) is 1.02. The van der Waals surface area contributed by atoms with Crippen LogP contribution in [0.25, 0.3) is 0 Å². The molecule has 0 aliphatic carbocycles. The molecule has 0 spiro atoms. The third-order valence-electron chi connectivity index (χ3n) is 4.14. The second-order valence-electron chi connectivity index (χ2n) is 5.94. The van der Waals surface area contributed by atoms with Gasteiger partial charge < -0.3 is 19.5 Å². The number of carbonyl (C=O) groups excluding carboxylic acids is 2. The quantitative estimate of drug-likeness (QED) is 0.737. The van der Waals surface area contributed by atoms with Crippen molar-refractivity contribution in [2.75, 3.05) is 20.4 Å². The van der Waals surface area contributed by atoms with Gasteiger partial charge in [0.15, 0.2) is 17.3 Å². The van der Waals surface area contributed by atoms with Crippen LogP contribution < -0.4 is 19.5 Å². The van der Waals surface area contributed by atoms with Crippen molar-refractivity contribution in [3.8, 4) is 17.2 Å². The number of rotatable bonds is 8. The molecule has 2 aromatic carbocycles. The molecule has 6 nitrogen and oxygen atoms in total. The molecule has 0 unspecified atom stereocenters. The van der Waals surface area contributed by atoms with E-state index in [0.717, 1.165) is 11.3 Å². The van der Waals surface area contributed by atoms with Crippen LogP contribution >= 0.6 is 0 Å². The van der Waals surface area contributed by atoms with Gasteiger partial charge in [0.1, 0.15) is 5.75 Å². The minimum Gasteiger partial charge on any atom is -0.497 e. The monoisotopic (exact) mass is 355 g/mol. The zero-order chi connectivity index (χ0) is 18.4. The lowest BCUT2D eigenvalue weighted by Crippen LogP contribution is -2.26. The molecule has 0 bridgehead atoms. The van der Waals surface area contributed by atoms with E-state index in [4.69, 9.17) is 14.2 Å². The van der Waals surface area contributed by atoms with Crippen molar-refractivity contribution in [3.05, 3.63) is 53.6 Å². The fourth-order valence-electron chi connectivity index (χ4n) is 2.70. The topological polar surface area (TPSA) is 73.9 Å². The molecule has 1 N–H and O–H groups in total. The molecule has 1 amide bonds. The first kappa shape index (κ1) is 17.8. The Morgan fingerprint density at radius 3 is 2.77 bits per heavy atom. The summed E-state index contributed by atoms with van der Waals surface area (Å²) in [7, 11) is 1.62. The summed E-state index contributed by atoms with van der Waals surface area (Å²) in [5.74, 6) is 1.77. The minimum absolute atomic E-state index is 0.0914. The van der Waals surface area contributed by atoms with Gasteiger partial charge in [-0.15, -0.1) is 0 Å². The van der Waals surface area contributed by atoms with Crippen LogP contribution in [-0.2, 0) is 11.2 Å². The molecule has 0 atom stereocenters. The van der Waals surface area contributed by atoms with Crippen LogP contribution in [-0.4, -0.2) is 32.1 Å². The van der Waals surface area contributed by atoms with E-state index in [2.05, 4.69) is 5.32 Å². The first-order chi connectivity index (χ1) is 12.7. The first-order valence-electron chi connectivity index (χ1n) is 8.48. The molecule has 1 aliphatic rings. The molecule has 1 heterocycles. The molecule has 0 aromatic heterocycles. The van der Waals surface area contributed by atoms with E-state index in [0.29, 0.717) is 30.0 Å². The number of hydrogen-bond donors (Lipinski definition) is 1. The maximum atomic E-state index is 12.2. The Bertz CT molecular complexity index is 803. The Kier molecular flexibility index (Phi) is 5.73. The summed E-state index contributed by atoms with van der Waals surface area (Å²) in [4.78, 5) is 24.2. The van der Waals surface area contributed by atoms with E-state index in [1.807, 2.05) is 24.3 Å². The van der Waals surface area contributed by atoms with Crippen LogP contribution in [0.2, 0.25) is 0 Å². The SMILES string of the molecule is COc1cccc(CCNC(=O)CCC(=O)c2ccc3c(c2)OCO3)c1. The molecule has 1 aliphatic heterocycles. The summed E-state index contributed by atoms with van der Waals surface area (Å²) in [5.41, 5.74) is 1.61. The number of fused-ring (bicyclic) bond motifs is 1. The molecule has 0 fully saturated rings. The smallest absolute Gasteiger partial charge is 0.231 e. The number of nitrogens with one attached hydrogen (secondary N) is 1. The van der Waals surface area contributed by atoms with Crippen LogP contribution in [0.4, 0.5) is 0 Å². The van der Waals surface area contributed by atoms with Gasteiger partial charge >= 0.3 is 0 Å². The standard InChI is InChI=1S/C20H21NO5/c1-24-16-4-2-3-14(11-16)9-10-21-20(23)8-6-17(22)15-5-7-18-19(12-15)26-13-25-18/h2-5,7,11-12H,6,8-10,13H2,1H3,(H,21,23). The molecular formula is C20H21NO5. The molecule has 136 valence electrons. The highest BCUT2D eigenvalue weighted by Gasteiger charge is 2.16. The first-order valence-corrected chi connectivity index (χ1v) is 8.48. The molecule has 2 aromatic rings. The van der Waals surface area contributed by atoms with Crippen LogP contribution in [0.1, 0.15) is 28.8 Å². The maximum absolute atomic E-state index is 12.2. The van der Waals surface area contributed by atoms with E-state index in [-0.39, 0.29) is 31.3 Å². The van der Waals surface area contributed by atoms with Crippen molar-refractivity contribution in [2.45, 2.75) is 19.3 Å². The number of benzene rings is 2. The van der Waals surface area contributed by atoms with E-state index in [1.54, 1.807) is 25.3 Å². The van der Waals surface area contributed by atoms with Crippen LogP contribution in [0.5, 0.6) is 17.2 Å². The maximum Gasteiger partial charge on any atom is 0.231 e. The van der Waals surface area contributed by atoms with E-state index in [9.17, 15) is 9.59 Å². The largest absolute Gasteiger partial charge is 0.497 e. The van der Waals surface area contributed by atoms with E-state index >= 15 is 0 Å². The van der Waals surface area contributed by atoms with Gasteiger partial charge in [-0.1, -0.05) is 12.1 Å². The average Bonchev–Trinajstić information content (AvgIpc) is 3.14. The molecule has 0 saturated carbocycles. The van der Waals surface area contributed by atoms with Crippen molar-refractivity contribution in [1.82, 2.24) is 5.32 Å². The number of hydrogen-bond acceptors (Lipinski definition) is 5. The second kappa shape index (κ2) is 8.38. The third-order valence-corrected chi connectivity index (χ3v) is 4.14. The summed E-state index contributed by atoms with van der Waals surface area (Å²) in [5, 5.41) is 2.84. The van der Waals surface area contributed by atoms with Crippen molar-refractivity contribution in [2.24, 2.45) is 0 Å². The highest BCUT2D eigenvalue weighted by atomic mass is 16.7. The van der Waals surface area contributed by atoms with Crippen molar-refractivity contribution >= 4 is 11.7 Å². The fraction of sp³-hybridized carbons (Fsp3) is 0.300. The normalized spacial score (nSPS) is 11.9. The minimum atomic E-state index is -0.137. The molecule has 6 heteroatoms. The average molecular weight is 355 g/mol. The number of ether oxygens (including phenoxy) is 3. The third kappa shape index (κ3) is 4.53. The van der Waals surface area contributed by atoms with Crippen LogP contribution in [0.3, 0.4) is 0 Å². The van der Waals surface area contributed by atoms with Crippen molar-refractivity contribution in [3.63, 3.8) is 0 Å². The summed E-state index contributed by atoms with van der Waals surface area (Å²) < 4.78 is 15.7. The number of Topliss-reactive ketones (excluding diaryl/α,β-unsaturated/α-hetero) is 1. The predicted octanol–water partition coefficient (Wildman–Crippen LogP) is 2.75. The van der Waals surface area contributed by atoms with Gasteiger partial charge in [0.25, 0.3) is 0 Å². The number of methoxy groups -OCH3 is 1. The van der Waals surface area contributed by atoms with Crippen molar-refractivity contribution in [1.29, 1.82) is 0 Å². The summed E-state index contributed by atoms with van der Waals surface area (Å²) in [6.45, 7) is 0.687. The fourth-order valence-corrected chi connectivity index (χ4v) is 2.70. The lowest BCUT2D eigenvalue weighted by atomic mass is 10.1. The number of ketones is 1. The molecule has 0 saturated heterocycles. The Balaban J connectivity index is 1.41. The zero-order valence-electron chi connectivity index (χ0n) is 14.6. The highest BCUT2D eigenvalue weighted by Crippen LogP contribution is 2.32. The van der Waals surface area contributed by atoms with Gasteiger partial charge in [-0.3, -0.25) is 9.59 Å². The molecule has 26 heavy (non-hydrogen) atoms. The molecule has 3 rings (SSSR count). The molecule has 0 radical (unpaired) electrons. The van der Waals surface area contributed by atoms with E-state index < -0.39 is 0 Å². The summed E-state index contributed by atoms with van der Waals surface area (Å²) >= 11 is 0. The van der Waals surface area contributed by atoms with Crippen LogP contribution in [0, 0.1) is 0 Å². The van der Waals surface area contributed by atoms with Gasteiger partial charge in [0.2, 0.25) is 12.7 Å². The Hall–Kier alpha value is -3.02. The van der Waals surface area contributed by atoms with Gasteiger partial charge in [0, 0.05) is 24.9 Å². The Morgan fingerprint density at radius 1 is 1.08 bits per heavy atom. The van der Waals surface area contributed by atoms with Gasteiger partial charge in [-0.25, -0.2) is 0 Å². The predicted molar refractivity (Wildman–Crippen MR) is 95.8 cm³/mol. The highest BCUT2D eigenvalue weighted by molar-refractivity contribution is 5.98. The molecular weight excluding hydrogens is 334 g/mol. The number of carbonyl (C=O) groups is 2. The Labute approximate surface area is 152 Å². The van der Waals surface area contributed by atoms with Crippen LogP contribution in [0.15, 0.2) is 42.5 Å². The zero-order valence-corrected chi connectivity index (χ0v) is 14.6. The summed E-state index contributed by atoms with van der Waals surface area (Å²) in [6, 6.07) is 12.8. The Morgan fingerprint density at radius 2 is 1.92 bits per heavy atom. The van der Waals surface area contributed by atoms with Gasteiger partial charge in [-0.2, -0.15) is 0 Å². The van der Waals surface area contributed by atoms with Gasteiger partial charge in [0.05, 0.1) is 7.11 Å². The van der Waals surface area contributed by atoms with Crippen molar-refractivity contribution < 1.29 is 23.8 Å². The lowest BCUT2D eigenvalue weighted by Gasteiger charge is -2.07. The van der Waals surface area contributed by atoms with E-state index in [1.165, 1.54) is 0 Å². The van der Waals surface area contributed by atoms with Gasteiger partial charge in [-0.05, 0) is 42.3 Å².